The van der Waals surface area contributed by atoms with Crippen molar-refractivity contribution in [1.29, 1.82) is 0 Å². The SMILES string of the molecule is OC1CCCC1Oc1ccc(F)cc1. The minimum atomic E-state index is -0.375. The molecule has 2 unspecified atom stereocenters. The zero-order chi connectivity index (χ0) is 9.97. The Morgan fingerprint density at radius 1 is 1.21 bits per heavy atom. The molecule has 1 N–H and O–H groups in total. The van der Waals surface area contributed by atoms with Gasteiger partial charge >= 0.3 is 0 Å². The summed E-state index contributed by atoms with van der Waals surface area (Å²) >= 11 is 0. The van der Waals surface area contributed by atoms with Crippen molar-refractivity contribution >= 4 is 0 Å². The molecular formula is C11H13FO2. The van der Waals surface area contributed by atoms with Crippen LogP contribution in [0, 0.1) is 5.82 Å². The molecule has 1 aliphatic rings. The average Bonchev–Trinajstić information content (AvgIpc) is 2.56. The van der Waals surface area contributed by atoms with Gasteiger partial charge in [-0.1, -0.05) is 0 Å². The van der Waals surface area contributed by atoms with Crippen LogP contribution in [0.5, 0.6) is 5.75 Å². The molecular weight excluding hydrogens is 183 g/mol. The molecule has 0 amide bonds. The quantitative estimate of drug-likeness (QED) is 0.785. The number of benzene rings is 1. The van der Waals surface area contributed by atoms with E-state index in [1.165, 1.54) is 12.1 Å². The number of halogens is 1. The molecule has 0 spiro atoms. The van der Waals surface area contributed by atoms with E-state index in [-0.39, 0.29) is 18.0 Å². The zero-order valence-corrected chi connectivity index (χ0v) is 7.82. The van der Waals surface area contributed by atoms with Crippen molar-refractivity contribution in [2.75, 3.05) is 0 Å². The number of aliphatic hydroxyl groups is 1. The van der Waals surface area contributed by atoms with Crippen LogP contribution in [0.2, 0.25) is 0 Å². The molecule has 2 atom stereocenters. The van der Waals surface area contributed by atoms with Gasteiger partial charge in [0.05, 0.1) is 6.10 Å². The monoisotopic (exact) mass is 196 g/mol. The van der Waals surface area contributed by atoms with Crippen molar-refractivity contribution in [2.45, 2.75) is 31.5 Å². The van der Waals surface area contributed by atoms with Crippen molar-refractivity contribution in [2.24, 2.45) is 0 Å². The first-order valence-corrected chi connectivity index (χ1v) is 4.86. The van der Waals surface area contributed by atoms with Crippen LogP contribution in [-0.4, -0.2) is 17.3 Å². The standard InChI is InChI=1S/C11H13FO2/c12-8-4-6-9(7-5-8)14-11-3-1-2-10(11)13/h4-7,10-11,13H,1-3H2. The Labute approximate surface area is 82.3 Å². The van der Waals surface area contributed by atoms with Crippen LogP contribution in [0.4, 0.5) is 4.39 Å². The molecule has 1 saturated carbocycles. The van der Waals surface area contributed by atoms with E-state index in [4.69, 9.17) is 4.74 Å². The van der Waals surface area contributed by atoms with Gasteiger partial charge in [0.1, 0.15) is 17.7 Å². The fourth-order valence-electron chi connectivity index (χ4n) is 1.73. The first kappa shape index (κ1) is 9.46. The highest BCUT2D eigenvalue weighted by Gasteiger charge is 2.26. The van der Waals surface area contributed by atoms with Crippen molar-refractivity contribution in [3.63, 3.8) is 0 Å². The van der Waals surface area contributed by atoms with Gasteiger partial charge in [-0.05, 0) is 43.5 Å². The number of aliphatic hydroxyl groups excluding tert-OH is 1. The van der Waals surface area contributed by atoms with Crippen molar-refractivity contribution in [3.05, 3.63) is 30.1 Å². The van der Waals surface area contributed by atoms with Gasteiger partial charge in [0, 0.05) is 0 Å². The first-order chi connectivity index (χ1) is 6.75. The summed E-state index contributed by atoms with van der Waals surface area (Å²) in [4.78, 5) is 0. The predicted molar refractivity (Wildman–Crippen MR) is 50.7 cm³/mol. The molecule has 0 aromatic heterocycles. The molecule has 2 nitrogen and oxygen atoms in total. The lowest BCUT2D eigenvalue weighted by molar-refractivity contribution is 0.0603. The third kappa shape index (κ3) is 2.04. The topological polar surface area (TPSA) is 29.5 Å². The van der Waals surface area contributed by atoms with Gasteiger partial charge in [-0.2, -0.15) is 0 Å². The van der Waals surface area contributed by atoms with Crippen LogP contribution in [0.25, 0.3) is 0 Å². The Kier molecular flexibility index (Phi) is 2.68. The lowest BCUT2D eigenvalue weighted by Crippen LogP contribution is -2.25. The summed E-state index contributed by atoms with van der Waals surface area (Å²) < 4.78 is 18.1. The lowest BCUT2D eigenvalue weighted by Gasteiger charge is -2.16. The third-order valence-electron chi connectivity index (χ3n) is 2.52. The highest BCUT2D eigenvalue weighted by molar-refractivity contribution is 5.22. The maximum absolute atomic E-state index is 12.6. The maximum Gasteiger partial charge on any atom is 0.124 e. The maximum atomic E-state index is 12.6. The van der Waals surface area contributed by atoms with Gasteiger partial charge in [0.15, 0.2) is 0 Å². The van der Waals surface area contributed by atoms with Crippen molar-refractivity contribution < 1.29 is 14.2 Å². The van der Waals surface area contributed by atoms with Gasteiger partial charge in [0.2, 0.25) is 0 Å². The largest absolute Gasteiger partial charge is 0.488 e. The Bertz CT molecular complexity index is 297. The summed E-state index contributed by atoms with van der Waals surface area (Å²) in [5.41, 5.74) is 0. The normalized spacial score (nSPS) is 26.4. The van der Waals surface area contributed by atoms with Crippen LogP contribution in [0.1, 0.15) is 19.3 Å². The number of hydrogen-bond donors (Lipinski definition) is 1. The second kappa shape index (κ2) is 3.96. The van der Waals surface area contributed by atoms with Crippen LogP contribution >= 0.6 is 0 Å². The zero-order valence-electron chi connectivity index (χ0n) is 7.82. The minimum absolute atomic E-state index is 0.125. The number of rotatable bonds is 2. The molecule has 0 heterocycles. The van der Waals surface area contributed by atoms with Gasteiger partial charge in [-0.3, -0.25) is 0 Å². The molecule has 0 bridgehead atoms. The minimum Gasteiger partial charge on any atom is -0.488 e. The van der Waals surface area contributed by atoms with E-state index < -0.39 is 0 Å². The third-order valence-corrected chi connectivity index (χ3v) is 2.52. The van der Waals surface area contributed by atoms with Gasteiger partial charge in [0.25, 0.3) is 0 Å². The molecule has 1 aliphatic carbocycles. The lowest BCUT2D eigenvalue weighted by atomic mass is 10.2. The smallest absolute Gasteiger partial charge is 0.124 e. The first-order valence-electron chi connectivity index (χ1n) is 4.86. The van der Waals surface area contributed by atoms with E-state index in [9.17, 15) is 9.50 Å². The van der Waals surface area contributed by atoms with E-state index in [0.29, 0.717) is 5.75 Å². The highest BCUT2D eigenvalue weighted by atomic mass is 19.1. The van der Waals surface area contributed by atoms with E-state index in [1.54, 1.807) is 12.1 Å². The summed E-state index contributed by atoms with van der Waals surface area (Å²) in [7, 11) is 0. The van der Waals surface area contributed by atoms with Gasteiger partial charge < -0.3 is 9.84 Å². The van der Waals surface area contributed by atoms with Crippen LogP contribution < -0.4 is 4.74 Å². The molecule has 1 aromatic rings. The molecule has 14 heavy (non-hydrogen) atoms. The van der Waals surface area contributed by atoms with Crippen molar-refractivity contribution in [3.8, 4) is 5.75 Å². The highest BCUT2D eigenvalue weighted by Crippen LogP contribution is 2.24. The Morgan fingerprint density at radius 3 is 2.50 bits per heavy atom. The van der Waals surface area contributed by atoms with Gasteiger partial charge in [-0.25, -0.2) is 4.39 Å². The second-order valence-electron chi connectivity index (χ2n) is 3.61. The molecule has 2 rings (SSSR count). The van der Waals surface area contributed by atoms with E-state index in [0.717, 1.165) is 19.3 Å². The average molecular weight is 196 g/mol. The summed E-state index contributed by atoms with van der Waals surface area (Å²) in [6.07, 6.45) is 2.16. The van der Waals surface area contributed by atoms with E-state index in [2.05, 4.69) is 0 Å². The summed E-state index contributed by atoms with van der Waals surface area (Å²) in [6.45, 7) is 0. The molecule has 3 heteroatoms. The van der Waals surface area contributed by atoms with E-state index in [1.807, 2.05) is 0 Å². The molecule has 1 aromatic carbocycles. The fraction of sp³-hybridized carbons (Fsp3) is 0.455. The van der Waals surface area contributed by atoms with Crippen LogP contribution in [0.15, 0.2) is 24.3 Å². The van der Waals surface area contributed by atoms with Crippen LogP contribution in [-0.2, 0) is 0 Å². The second-order valence-corrected chi connectivity index (χ2v) is 3.61. The van der Waals surface area contributed by atoms with E-state index >= 15 is 0 Å². The molecule has 1 fully saturated rings. The predicted octanol–water partition coefficient (Wildman–Crippen LogP) is 2.12. The van der Waals surface area contributed by atoms with Crippen LogP contribution in [0.3, 0.4) is 0 Å². The Balaban J connectivity index is 2.00. The molecule has 76 valence electrons. The number of hydrogen-bond acceptors (Lipinski definition) is 2. The summed E-state index contributed by atoms with van der Waals surface area (Å²) in [6, 6.07) is 5.88. The molecule has 0 saturated heterocycles. The Hall–Kier alpha value is -1.09. The Morgan fingerprint density at radius 2 is 1.93 bits per heavy atom. The summed E-state index contributed by atoms with van der Waals surface area (Å²) in [5.74, 6) is 0.349. The molecule has 0 radical (unpaired) electrons. The number of ether oxygens (including phenoxy) is 1. The molecule has 0 aliphatic heterocycles. The fourth-order valence-corrected chi connectivity index (χ4v) is 1.73. The van der Waals surface area contributed by atoms with Gasteiger partial charge in [-0.15, -0.1) is 0 Å². The summed E-state index contributed by atoms with van der Waals surface area (Å²) in [5, 5.41) is 9.51. The van der Waals surface area contributed by atoms with Crippen molar-refractivity contribution in [1.82, 2.24) is 0 Å².